The minimum absolute atomic E-state index is 0.0261. The van der Waals surface area contributed by atoms with Crippen molar-refractivity contribution in [2.45, 2.75) is 114 Å². The molecule has 5 aliphatic heterocycles. The molecular weight excluding hydrogens is 1120 g/mol. The second-order valence-electron chi connectivity index (χ2n) is 23.0. The third-order valence-electron chi connectivity index (χ3n) is 17.3. The lowest BCUT2D eigenvalue weighted by Crippen LogP contribution is -2.45. The highest BCUT2D eigenvalue weighted by Gasteiger charge is 2.38. The SMILES string of the molecule is Cc1cc(C(=O)NCCC(=O)O)cc(C)c1OC(=O)c1c2ccccc2[n+](C)c2cc(CNC(=O)CCCCCNS(=O)(=O)c3ccc(C4=c5cc6c7c(c5Oc5c4cc4c8c5CCCN8CCC4)CCC[N+]=7CCC6)c(S(=O)(=O)O)c3)ccc12. The van der Waals surface area contributed by atoms with Crippen molar-refractivity contribution < 1.29 is 59.7 Å². The number of para-hydroxylation sites is 1. The number of fused-ring (bicyclic) bond motifs is 6. The van der Waals surface area contributed by atoms with E-state index in [0.717, 1.165) is 122 Å². The summed E-state index contributed by atoms with van der Waals surface area (Å²) < 4.78 is 86.4. The van der Waals surface area contributed by atoms with Crippen LogP contribution in [-0.2, 0) is 69.0 Å². The van der Waals surface area contributed by atoms with E-state index in [2.05, 4.69) is 37.0 Å². The molecule has 7 aromatic rings. The molecule has 12 rings (SSSR count). The first-order valence-electron chi connectivity index (χ1n) is 29.3. The maximum Gasteiger partial charge on any atom is 0.345 e. The molecule has 20 heteroatoms. The number of nitrogens with zero attached hydrogens (tertiary/aromatic N) is 3. The number of carbonyl (C=O) groups is 4. The van der Waals surface area contributed by atoms with Gasteiger partial charge in [0.1, 0.15) is 42.3 Å². The van der Waals surface area contributed by atoms with Crippen LogP contribution in [0.25, 0.3) is 27.4 Å². The summed E-state index contributed by atoms with van der Waals surface area (Å²) in [7, 11) is -7.35. The van der Waals surface area contributed by atoms with Crippen molar-refractivity contribution in [1.29, 1.82) is 0 Å². The van der Waals surface area contributed by atoms with Crippen LogP contribution in [-0.4, -0.2) is 89.5 Å². The van der Waals surface area contributed by atoms with Crippen LogP contribution in [0.2, 0.25) is 0 Å². The van der Waals surface area contributed by atoms with E-state index in [-0.39, 0.29) is 48.8 Å². The smallest absolute Gasteiger partial charge is 0.345 e. The molecule has 0 spiro atoms. The molecule has 440 valence electrons. The molecule has 0 unspecified atom stereocenters. The predicted octanol–water partition coefficient (Wildman–Crippen LogP) is 6.70. The number of rotatable bonds is 18. The van der Waals surface area contributed by atoms with Gasteiger partial charge < -0.3 is 30.1 Å². The highest BCUT2D eigenvalue weighted by Crippen LogP contribution is 2.49. The van der Waals surface area contributed by atoms with E-state index in [1.165, 1.54) is 34.3 Å². The molecule has 1 aromatic heterocycles. The normalized spacial score (nSPS) is 15.1. The zero-order valence-electron chi connectivity index (χ0n) is 47.9. The van der Waals surface area contributed by atoms with Gasteiger partial charge in [-0.25, -0.2) is 22.5 Å². The molecule has 0 radical (unpaired) electrons. The van der Waals surface area contributed by atoms with E-state index in [0.29, 0.717) is 75.1 Å². The van der Waals surface area contributed by atoms with Crippen molar-refractivity contribution in [2.24, 2.45) is 7.05 Å². The lowest BCUT2D eigenvalue weighted by Gasteiger charge is -2.39. The number of carboxylic acid groups (broad SMARTS) is 1. The van der Waals surface area contributed by atoms with Crippen LogP contribution in [0.15, 0.2) is 94.7 Å². The number of pyridine rings is 1. The molecular formula is C65H68N6O12S2+2. The molecule has 5 aliphatic rings. The van der Waals surface area contributed by atoms with E-state index in [9.17, 15) is 40.6 Å². The van der Waals surface area contributed by atoms with Gasteiger partial charge in [-0.2, -0.15) is 13.0 Å². The fraction of sp³-hybridized carbons (Fsp3) is 0.354. The number of aromatic nitrogens is 1. The van der Waals surface area contributed by atoms with Gasteiger partial charge in [-0.1, -0.05) is 30.7 Å². The molecule has 0 fully saturated rings. The Kier molecular flexibility index (Phi) is 15.6. The number of carboxylic acids is 1. The Hall–Kier alpha value is -8.04. The minimum atomic E-state index is -4.98. The lowest BCUT2D eigenvalue weighted by molar-refractivity contribution is -0.617. The number of esters is 1. The number of ether oxygens (including phenoxy) is 2. The van der Waals surface area contributed by atoms with Crippen LogP contribution in [0.3, 0.4) is 0 Å². The van der Waals surface area contributed by atoms with E-state index in [1.807, 2.05) is 54.1 Å². The molecule has 6 heterocycles. The van der Waals surface area contributed by atoms with Crippen LogP contribution >= 0.6 is 0 Å². The number of hydrogen-bond acceptors (Lipinski definition) is 11. The van der Waals surface area contributed by atoms with Gasteiger partial charge in [0.2, 0.25) is 32.3 Å². The standard InChI is InChI=1S/C65H66N6O12S2/c1-38-31-43(64(75)66-26-24-56(73)74)32-39(2)61(38)83-65(76)58-45-15-6-7-18-52(45)69(3)53-33-40(20-22-46(53)58)37-67-55(72)19-5-4-8-25-68-84(77,78)44-21-23-47(54(36-44)85(79,80)81)57-50-34-41-13-9-27-70-29-11-16-48(59(41)70)62(50)82-63-49-17-12-30-71-28-10-14-42(60(49)71)35-51(57)63/h6-7,15,18,20-23,31-36,68H,4-5,8-14,16-17,19,24-30,37H2,1-3H3,(H2-2,66,67,72,73,74,75,79,80,81)/p+2. The fourth-order valence-electron chi connectivity index (χ4n) is 13.5. The maximum atomic E-state index is 14.2. The summed E-state index contributed by atoms with van der Waals surface area (Å²) in [5.74, 6) is -0.550. The summed E-state index contributed by atoms with van der Waals surface area (Å²) in [5, 5.41) is 17.8. The first-order chi connectivity index (χ1) is 40.8. The van der Waals surface area contributed by atoms with Gasteiger partial charge in [0.05, 0.1) is 33.2 Å². The number of hydrogen-bond donors (Lipinski definition) is 5. The maximum absolute atomic E-state index is 14.2. The monoisotopic (exact) mass is 1190 g/mol. The number of sulfonamides is 1. The number of unbranched alkanes of at least 4 members (excludes halogenated alkanes) is 2. The second kappa shape index (κ2) is 23.1. The Balaban J connectivity index is 0.715. The number of amides is 2. The van der Waals surface area contributed by atoms with Gasteiger partial charge in [0, 0.05) is 108 Å². The average molecular weight is 1190 g/mol. The zero-order valence-corrected chi connectivity index (χ0v) is 49.5. The quantitative estimate of drug-likeness (QED) is 0.0150. The highest BCUT2D eigenvalue weighted by molar-refractivity contribution is 7.89. The van der Waals surface area contributed by atoms with Crippen LogP contribution in [0.1, 0.15) is 129 Å². The van der Waals surface area contributed by atoms with Crippen LogP contribution in [0, 0.1) is 13.8 Å². The van der Waals surface area contributed by atoms with Gasteiger partial charge in [0.15, 0.2) is 0 Å². The summed E-state index contributed by atoms with van der Waals surface area (Å²) in [6, 6.07) is 24.5. The number of aliphatic carboxylic acids is 1. The summed E-state index contributed by atoms with van der Waals surface area (Å²) >= 11 is 0. The zero-order chi connectivity index (χ0) is 59.5. The van der Waals surface area contributed by atoms with Crippen molar-refractivity contribution >= 4 is 77.0 Å². The molecule has 6 aromatic carbocycles. The van der Waals surface area contributed by atoms with Gasteiger partial charge in [0.25, 0.3) is 16.0 Å². The minimum Gasteiger partial charge on any atom is -0.481 e. The van der Waals surface area contributed by atoms with Crippen LogP contribution in [0.4, 0.5) is 5.69 Å². The number of aryl methyl sites for hydroxylation is 5. The van der Waals surface area contributed by atoms with Crippen molar-refractivity contribution in [3.05, 3.63) is 157 Å². The number of anilines is 1. The third-order valence-corrected chi connectivity index (χ3v) is 19.7. The van der Waals surface area contributed by atoms with E-state index in [4.69, 9.17) is 14.6 Å². The summed E-state index contributed by atoms with van der Waals surface area (Å²) in [4.78, 5) is 52.8. The summed E-state index contributed by atoms with van der Waals surface area (Å²) in [6.07, 6.45) is 8.57. The molecule has 0 saturated heterocycles. The summed E-state index contributed by atoms with van der Waals surface area (Å²) in [5.41, 5.74) is 11.4. The van der Waals surface area contributed by atoms with Crippen molar-refractivity contribution in [3.8, 4) is 17.2 Å². The average Bonchev–Trinajstić information content (AvgIpc) is 0.918. The van der Waals surface area contributed by atoms with Gasteiger partial charge >= 0.3 is 11.9 Å². The molecule has 0 atom stereocenters. The van der Waals surface area contributed by atoms with Crippen LogP contribution < -0.4 is 49.4 Å². The predicted molar refractivity (Wildman–Crippen MR) is 320 cm³/mol. The molecule has 0 aliphatic carbocycles. The molecule has 18 nitrogen and oxygen atoms in total. The van der Waals surface area contributed by atoms with E-state index < -0.39 is 42.9 Å². The van der Waals surface area contributed by atoms with E-state index in [1.54, 1.807) is 26.0 Å². The topological polar surface area (TPSA) is 242 Å². The van der Waals surface area contributed by atoms with Gasteiger partial charge in [-0.05, 0) is 136 Å². The number of carbonyl (C=O) groups excluding carboxylic acids is 3. The number of benzene rings is 6. The largest absolute Gasteiger partial charge is 0.481 e. The van der Waals surface area contributed by atoms with Crippen molar-refractivity contribution in [1.82, 2.24) is 19.9 Å². The van der Waals surface area contributed by atoms with Crippen molar-refractivity contribution in [3.63, 3.8) is 0 Å². The highest BCUT2D eigenvalue weighted by atomic mass is 32.2. The molecule has 0 saturated carbocycles. The first-order valence-corrected chi connectivity index (χ1v) is 32.2. The Bertz CT molecular complexity index is 4360. The lowest BCUT2D eigenvalue weighted by atomic mass is 9.82. The molecule has 2 amide bonds. The van der Waals surface area contributed by atoms with Gasteiger partial charge in [-0.3, -0.25) is 18.9 Å². The van der Waals surface area contributed by atoms with Crippen molar-refractivity contribution in [2.75, 3.05) is 44.2 Å². The molecule has 5 N–H and O–H groups in total. The first kappa shape index (κ1) is 57.4. The summed E-state index contributed by atoms with van der Waals surface area (Å²) in [6.45, 7) is 7.50. The fourth-order valence-corrected chi connectivity index (χ4v) is 15.4. The van der Waals surface area contributed by atoms with E-state index >= 15 is 0 Å². The second-order valence-corrected chi connectivity index (χ2v) is 26.2. The Labute approximate surface area is 493 Å². The Morgan fingerprint density at radius 3 is 2.22 bits per heavy atom. The van der Waals surface area contributed by atoms with Crippen LogP contribution in [0.5, 0.6) is 17.2 Å². The van der Waals surface area contributed by atoms with Gasteiger partial charge in [-0.15, -0.1) is 0 Å². The third kappa shape index (κ3) is 11.0. The Morgan fingerprint density at radius 1 is 0.718 bits per heavy atom. The molecule has 85 heavy (non-hydrogen) atoms. The number of nitrogens with one attached hydrogen (secondary N) is 3. The Morgan fingerprint density at radius 2 is 1.45 bits per heavy atom. The molecule has 0 bridgehead atoms.